The summed E-state index contributed by atoms with van der Waals surface area (Å²) in [4.78, 5) is 8.99. The molecule has 5 nitrogen and oxygen atoms in total. The molecule has 21 heavy (non-hydrogen) atoms. The number of hydrogen-bond donors (Lipinski definition) is 3. The number of aliphatic hydroxyl groups excluding tert-OH is 1. The fourth-order valence-corrected chi connectivity index (χ4v) is 2.24. The SMILES string of the molecule is Cc1ccc(SF)cc1Nc1ncc(Br)c(NCCO)n1. The van der Waals surface area contributed by atoms with E-state index in [1.807, 2.05) is 13.0 Å². The fourth-order valence-electron chi connectivity index (χ4n) is 1.63. The van der Waals surface area contributed by atoms with Crippen LogP contribution in [0.4, 0.5) is 21.3 Å². The Balaban J connectivity index is 2.23. The van der Waals surface area contributed by atoms with E-state index in [1.165, 1.54) is 0 Å². The Hall–Kier alpha value is -1.38. The standard InChI is InChI=1S/C13H14BrFN4OS/c1-8-2-3-9(21-15)6-11(8)18-13-17-7-10(14)12(19-13)16-4-5-20/h2-3,6-7,20H,4-5H2,1H3,(H2,16,17,18,19). The number of anilines is 3. The van der Waals surface area contributed by atoms with Gasteiger partial charge in [-0.2, -0.15) is 8.87 Å². The van der Waals surface area contributed by atoms with E-state index in [1.54, 1.807) is 18.3 Å². The Morgan fingerprint density at radius 2 is 2.24 bits per heavy atom. The first-order valence-electron chi connectivity index (χ1n) is 6.17. The second-order valence-corrected chi connectivity index (χ2v) is 5.70. The minimum atomic E-state index is 0.00802. The minimum Gasteiger partial charge on any atom is -0.395 e. The van der Waals surface area contributed by atoms with Crippen LogP contribution < -0.4 is 10.6 Å². The van der Waals surface area contributed by atoms with Gasteiger partial charge in [0.1, 0.15) is 5.82 Å². The highest BCUT2D eigenvalue weighted by molar-refractivity contribution is 9.10. The molecule has 8 heteroatoms. The van der Waals surface area contributed by atoms with Crippen molar-refractivity contribution in [1.29, 1.82) is 0 Å². The first-order valence-corrected chi connectivity index (χ1v) is 7.68. The number of aromatic nitrogens is 2. The molecule has 1 aromatic carbocycles. The average molecular weight is 373 g/mol. The predicted octanol–water partition coefficient (Wildman–Crippen LogP) is 3.67. The number of nitrogens with one attached hydrogen (secondary N) is 2. The van der Waals surface area contributed by atoms with E-state index in [4.69, 9.17) is 5.11 Å². The zero-order valence-electron chi connectivity index (χ0n) is 11.2. The Labute approximate surface area is 134 Å². The van der Waals surface area contributed by atoms with Gasteiger partial charge in [0.2, 0.25) is 5.95 Å². The Morgan fingerprint density at radius 1 is 1.43 bits per heavy atom. The molecule has 0 saturated heterocycles. The number of aryl methyl sites for hydroxylation is 1. The van der Waals surface area contributed by atoms with Crippen LogP contribution in [0.1, 0.15) is 5.56 Å². The number of aliphatic hydroxyl groups is 1. The summed E-state index contributed by atoms with van der Waals surface area (Å²) in [7, 11) is 0. The van der Waals surface area contributed by atoms with Gasteiger partial charge in [-0.3, -0.25) is 0 Å². The highest BCUT2D eigenvalue weighted by Gasteiger charge is 2.07. The van der Waals surface area contributed by atoms with Crippen molar-refractivity contribution in [3.05, 3.63) is 34.4 Å². The summed E-state index contributed by atoms with van der Waals surface area (Å²) >= 11 is 3.52. The number of halogens is 2. The molecule has 0 fully saturated rings. The van der Waals surface area contributed by atoms with Crippen molar-refractivity contribution < 1.29 is 8.99 Å². The quantitative estimate of drug-likeness (QED) is 0.718. The molecule has 0 unspecified atom stereocenters. The first-order chi connectivity index (χ1) is 10.1. The lowest BCUT2D eigenvalue weighted by atomic mass is 10.2. The summed E-state index contributed by atoms with van der Waals surface area (Å²) in [6.07, 6.45) is 1.61. The molecule has 0 radical (unpaired) electrons. The number of hydrogen-bond acceptors (Lipinski definition) is 6. The van der Waals surface area contributed by atoms with Gasteiger partial charge in [-0.25, -0.2) is 4.98 Å². The van der Waals surface area contributed by atoms with Crippen LogP contribution >= 0.6 is 28.1 Å². The normalized spacial score (nSPS) is 10.5. The van der Waals surface area contributed by atoms with Crippen molar-refractivity contribution in [3.8, 4) is 0 Å². The molecular formula is C13H14BrFN4OS. The van der Waals surface area contributed by atoms with E-state index in [2.05, 4.69) is 36.5 Å². The van der Waals surface area contributed by atoms with E-state index in [-0.39, 0.29) is 18.8 Å². The van der Waals surface area contributed by atoms with E-state index < -0.39 is 0 Å². The third kappa shape index (κ3) is 4.29. The van der Waals surface area contributed by atoms with Crippen molar-refractivity contribution in [1.82, 2.24) is 9.97 Å². The van der Waals surface area contributed by atoms with Crippen LogP contribution in [0.2, 0.25) is 0 Å². The van der Waals surface area contributed by atoms with E-state index in [0.29, 0.717) is 27.7 Å². The summed E-state index contributed by atoms with van der Waals surface area (Å²) in [5.41, 5.74) is 1.71. The molecule has 0 bridgehead atoms. The molecule has 1 aromatic heterocycles. The van der Waals surface area contributed by atoms with Crippen LogP contribution in [0.3, 0.4) is 0 Å². The average Bonchev–Trinajstić information content (AvgIpc) is 2.50. The topological polar surface area (TPSA) is 70.1 Å². The van der Waals surface area contributed by atoms with Crippen molar-refractivity contribution in [2.24, 2.45) is 0 Å². The number of benzene rings is 1. The molecule has 2 rings (SSSR count). The molecule has 0 aliphatic carbocycles. The lowest BCUT2D eigenvalue weighted by Crippen LogP contribution is -2.09. The van der Waals surface area contributed by atoms with Gasteiger partial charge in [0.05, 0.1) is 23.2 Å². The largest absolute Gasteiger partial charge is 0.395 e. The smallest absolute Gasteiger partial charge is 0.229 e. The van der Waals surface area contributed by atoms with Gasteiger partial charge in [-0.1, -0.05) is 6.07 Å². The highest BCUT2D eigenvalue weighted by Crippen LogP contribution is 2.27. The molecule has 0 aliphatic rings. The molecule has 3 N–H and O–H groups in total. The van der Waals surface area contributed by atoms with Gasteiger partial charge in [-0.15, -0.1) is 0 Å². The molecule has 2 aromatic rings. The van der Waals surface area contributed by atoms with Crippen LogP contribution in [0.5, 0.6) is 0 Å². The molecular weight excluding hydrogens is 359 g/mol. The fraction of sp³-hybridized carbons (Fsp3) is 0.231. The van der Waals surface area contributed by atoms with Crippen LogP contribution in [0, 0.1) is 6.92 Å². The lowest BCUT2D eigenvalue weighted by Gasteiger charge is -2.11. The monoisotopic (exact) mass is 372 g/mol. The Morgan fingerprint density at radius 3 is 2.95 bits per heavy atom. The maximum Gasteiger partial charge on any atom is 0.229 e. The molecule has 0 spiro atoms. The zero-order chi connectivity index (χ0) is 15.2. The van der Waals surface area contributed by atoms with Gasteiger partial charge >= 0.3 is 0 Å². The Bertz CT molecular complexity index is 629. The van der Waals surface area contributed by atoms with E-state index in [0.717, 1.165) is 11.3 Å². The maximum atomic E-state index is 12.7. The number of nitrogens with zero attached hydrogens (tertiary/aromatic N) is 2. The van der Waals surface area contributed by atoms with Crippen LogP contribution in [-0.2, 0) is 0 Å². The lowest BCUT2D eigenvalue weighted by molar-refractivity contribution is 0.311. The van der Waals surface area contributed by atoms with E-state index >= 15 is 0 Å². The second-order valence-electron chi connectivity index (χ2n) is 4.22. The zero-order valence-corrected chi connectivity index (χ0v) is 13.6. The Kier molecular flexibility index (Phi) is 5.77. The summed E-state index contributed by atoms with van der Waals surface area (Å²) in [5, 5.41) is 14.9. The maximum absolute atomic E-state index is 12.7. The number of rotatable bonds is 6. The highest BCUT2D eigenvalue weighted by atomic mass is 79.9. The molecule has 112 valence electrons. The van der Waals surface area contributed by atoms with Gasteiger partial charge in [-0.05, 0) is 40.5 Å². The second kappa shape index (κ2) is 7.58. The summed E-state index contributed by atoms with van der Waals surface area (Å²) < 4.78 is 13.4. The molecule has 0 amide bonds. The van der Waals surface area contributed by atoms with Crippen molar-refractivity contribution in [2.75, 3.05) is 23.8 Å². The summed E-state index contributed by atoms with van der Waals surface area (Å²) in [6, 6.07) is 5.24. The van der Waals surface area contributed by atoms with Crippen LogP contribution in [-0.4, -0.2) is 28.2 Å². The van der Waals surface area contributed by atoms with Crippen molar-refractivity contribution >= 4 is 45.5 Å². The molecule has 0 aliphatic heterocycles. The first kappa shape index (κ1) is 16.0. The third-order valence-corrected chi connectivity index (χ3v) is 3.71. The molecule has 1 heterocycles. The summed E-state index contributed by atoms with van der Waals surface area (Å²) in [5.74, 6) is 0.970. The minimum absolute atomic E-state index is 0.00802. The van der Waals surface area contributed by atoms with Gasteiger partial charge in [0.25, 0.3) is 0 Å². The third-order valence-electron chi connectivity index (χ3n) is 2.69. The van der Waals surface area contributed by atoms with Gasteiger partial charge < -0.3 is 15.7 Å². The molecule has 0 saturated carbocycles. The van der Waals surface area contributed by atoms with Gasteiger partial charge in [0.15, 0.2) is 0 Å². The van der Waals surface area contributed by atoms with Crippen LogP contribution in [0.25, 0.3) is 0 Å². The predicted molar refractivity (Wildman–Crippen MR) is 86.7 cm³/mol. The van der Waals surface area contributed by atoms with Crippen molar-refractivity contribution in [2.45, 2.75) is 11.8 Å². The molecule has 0 atom stereocenters. The van der Waals surface area contributed by atoms with Crippen LogP contribution in [0.15, 0.2) is 33.8 Å². The summed E-state index contributed by atoms with van der Waals surface area (Å²) in [6.45, 7) is 2.31. The van der Waals surface area contributed by atoms with Gasteiger partial charge in [0, 0.05) is 23.3 Å². The van der Waals surface area contributed by atoms with E-state index in [9.17, 15) is 3.89 Å². The van der Waals surface area contributed by atoms with Crippen molar-refractivity contribution in [3.63, 3.8) is 0 Å².